The molecule has 1 heterocycles. The van der Waals surface area contributed by atoms with Gasteiger partial charge in [0.15, 0.2) is 0 Å². The summed E-state index contributed by atoms with van der Waals surface area (Å²) in [7, 11) is 0. The number of rotatable bonds is 7. The van der Waals surface area contributed by atoms with Gasteiger partial charge in [-0.15, -0.1) is 0 Å². The van der Waals surface area contributed by atoms with E-state index in [1.54, 1.807) is 12.1 Å². The Morgan fingerprint density at radius 1 is 1.07 bits per heavy atom. The van der Waals surface area contributed by atoms with E-state index in [2.05, 4.69) is 20.2 Å². The fraction of sp³-hybridized carbons (Fsp3) is 0.250. The lowest BCUT2D eigenvalue weighted by Gasteiger charge is -2.09. The average Bonchev–Trinajstić information content (AvgIpc) is 3.00. The predicted octanol–water partition coefficient (Wildman–Crippen LogP) is 3.59. The highest BCUT2D eigenvalue weighted by Gasteiger charge is 2.10. The number of aromatic nitrogens is 2. The molecule has 3 aromatic rings. The van der Waals surface area contributed by atoms with Crippen molar-refractivity contribution >= 4 is 46.0 Å². The molecule has 6 nitrogen and oxygen atoms in total. The van der Waals surface area contributed by atoms with Crippen LogP contribution in [0.3, 0.4) is 0 Å². The fourth-order valence-electron chi connectivity index (χ4n) is 2.91. The molecule has 2 N–H and O–H groups in total. The van der Waals surface area contributed by atoms with E-state index in [4.69, 9.17) is 23.2 Å². The molecule has 0 radical (unpaired) electrons. The molecular formula is C20H20Cl2N4O2. The summed E-state index contributed by atoms with van der Waals surface area (Å²) in [5.41, 5.74) is 2.40. The van der Waals surface area contributed by atoms with Crippen LogP contribution in [0.4, 0.5) is 0 Å². The fourth-order valence-corrected chi connectivity index (χ4v) is 3.20. The monoisotopic (exact) mass is 418 g/mol. The third-order valence-corrected chi connectivity index (χ3v) is 5.06. The van der Waals surface area contributed by atoms with Crippen LogP contribution in [-0.4, -0.2) is 34.5 Å². The Morgan fingerprint density at radius 3 is 2.64 bits per heavy atom. The first kappa shape index (κ1) is 20.2. The molecule has 1 aromatic heterocycles. The van der Waals surface area contributed by atoms with E-state index < -0.39 is 0 Å². The average molecular weight is 419 g/mol. The van der Waals surface area contributed by atoms with Gasteiger partial charge in [0.25, 0.3) is 5.91 Å². The molecule has 2 amide bonds. The molecule has 0 fully saturated rings. The number of amides is 2. The first-order valence-corrected chi connectivity index (χ1v) is 9.63. The molecule has 0 spiro atoms. The zero-order chi connectivity index (χ0) is 20.1. The zero-order valence-corrected chi connectivity index (χ0v) is 16.8. The minimum absolute atomic E-state index is 0.105. The Kier molecular flexibility index (Phi) is 6.54. The van der Waals surface area contributed by atoms with Crippen molar-refractivity contribution < 1.29 is 9.59 Å². The van der Waals surface area contributed by atoms with E-state index in [0.717, 1.165) is 29.8 Å². The lowest BCUT2D eigenvalue weighted by molar-refractivity contribution is -0.120. The van der Waals surface area contributed by atoms with Crippen molar-refractivity contribution in [2.45, 2.75) is 19.9 Å². The standard InChI is InChI=1S/C20H20Cl2N4O2/c1-13-25-17-5-2-3-6-18(17)26(13)10-4-9-23-19(27)12-24-20(28)14-7-8-15(21)16(22)11-14/h2-3,5-8,11H,4,9-10,12H2,1H3,(H,23,27)(H,24,28). The number of benzene rings is 2. The smallest absolute Gasteiger partial charge is 0.251 e. The number of fused-ring (bicyclic) bond motifs is 1. The molecule has 2 aromatic carbocycles. The highest BCUT2D eigenvalue weighted by molar-refractivity contribution is 6.42. The maximum Gasteiger partial charge on any atom is 0.251 e. The maximum atomic E-state index is 12.1. The molecule has 0 aliphatic heterocycles. The first-order chi connectivity index (χ1) is 13.5. The molecule has 0 unspecified atom stereocenters. The van der Waals surface area contributed by atoms with Crippen LogP contribution in [-0.2, 0) is 11.3 Å². The van der Waals surface area contributed by atoms with Crippen molar-refractivity contribution in [2.75, 3.05) is 13.1 Å². The van der Waals surface area contributed by atoms with Gasteiger partial charge in [-0.2, -0.15) is 0 Å². The van der Waals surface area contributed by atoms with E-state index in [1.807, 2.05) is 31.2 Å². The maximum absolute atomic E-state index is 12.1. The van der Waals surface area contributed by atoms with Crippen LogP contribution in [0.15, 0.2) is 42.5 Å². The van der Waals surface area contributed by atoms with Crippen molar-refractivity contribution in [2.24, 2.45) is 0 Å². The number of aryl methyl sites for hydroxylation is 2. The second-order valence-electron chi connectivity index (χ2n) is 6.31. The lowest BCUT2D eigenvalue weighted by Crippen LogP contribution is -2.37. The molecule has 0 saturated heterocycles. The van der Waals surface area contributed by atoms with Gasteiger partial charge in [0.05, 0.1) is 27.6 Å². The van der Waals surface area contributed by atoms with Crippen molar-refractivity contribution in [3.05, 3.63) is 63.9 Å². The van der Waals surface area contributed by atoms with Gasteiger partial charge in [-0.3, -0.25) is 9.59 Å². The van der Waals surface area contributed by atoms with Crippen LogP contribution in [0.5, 0.6) is 0 Å². The van der Waals surface area contributed by atoms with Crippen LogP contribution >= 0.6 is 23.2 Å². The summed E-state index contributed by atoms with van der Waals surface area (Å²) in [4.78, 5) is 28.5. The van der Waals surface area contributed by atoms with Gasteiger partial charge in [0.2, 0.25) is 5.91 Å². The number of hydrogen-bond acceptors (Lipinski definition) is 3. The third kappa shape index (κ3) is 4.82. The molecule has 28 heavy (non-hydrogen) atoms. The van der Waals surface area contributed by atoms with Gasteiger partial charge >= 0.3 is 0 Å². The number of nitrogens with zero attached hydrogens (tertiary/aromatic N) is 2. The summed E-state index contributed by atoms with van der Waals surface area (Å²) in [5, 5.41) is 6.04. The number of hydrogen-bond donors (Lipinski definition) is 2. The predicted molar refractivity (Wildman–Crippen MR) is 111 cm³/mol. The number of halogens is 2. The quantitative estimate of drug-likeness (QED) is 0.575. The molecule has 0 atom stereocenters. The number of carbonyl (C=O) groups excluding carboxylic acids is 2. The number of nitrogens with one attached hydrogen (secondary N) is 2. The molecular weight excluding hydrogens is 399 g/mol. The van der Waals surface area contributed by atoms with Gasteiger partial charge in [0, 0.05) is 18.7 Å². The molecule has 0 bridgehead atoms. The SMILES string of the molecule is Cc1nc2ccccc2n1CCCNC(=O)CNC(=O)c1ccc(Cl)c(Cl)c1. The van der Waals surface area contributed by atoms with Crippen LogP contribution in [0.1, 0.15) is 22.6 Å². The Bertz CT molecular complexity index is 1020. The number of carbonyl (C=O) groups is 2. The second-order valence-corrected chi connectivity index (χ2v) is 7.13. The highest BCUT2D eigenvalue weighted by atomic mass is 35.5. The topological polar surface area (TPSA) is 76.0 Å². The third-order valence-electron chi connectivity index (χ3n) is 4.32. The Labute approximate surface area is 172 Å². The van der Waals surface area contributed by atoms with E-state index >= 15 is 0 Å². The number of imidazole rings is 1. The molecule has 0 saturated carbocycles. The molecule has 8 heteroatoms. The van der Waals surface area contributed by atoms with E-state index in [9.17, 15) is 9.59 Å². The summed E-state index contributed by atoms with van der Waals surface area (Å²) in [5.74, 6) is 0.316. The van der Waals surface area contributed by atoms with Crippen LogP contribution < -0.4 is 10.6 Å². The number of para-hydroxylation sites is 2. The zero-order valence-electron chi connectivity index (χ0n) is 15.3. The molecule has 0 aliphatic carbocycles. The largest absolute Gasteiger partial charge is 0.355 e. The summed E-state index contributed by atoms with van der Waals surface area (Å²) < 4.78 is 2.13. The van der Waals surface area contributed by atoms with E-state index in [-0.39, 0.29) is 18.4 Å². The molecule has 0 aliphatic rings. The Hall–Kier alpha value is -2.57. The van der Waals surface area contributed by atoms with Gasteiger partial charge < -0.3 is 15.2 Å². The molecule has 3 rings (SSSR count). The first-order valence-electron chi connectivity index (χ1n) is 8.87. The Morgan fingerprint density at radius 2 is 1.86 bits per heavy atom. The molecule has 146 valence electrons. The van der Waals surface area contributed by atoms with E-state index in [1.165, 1.54) is 6.07 Å². The van der Waals surface area contributed by atoms with E-state index in [0.29, 0.717) is 22.2 Å². The second kappa shape index (κ2) is 9.08. The van der Waals surface area contributed by atoms with Gasteiger partial charge in [-0.05, 0) is 43.7 Å². The van der Waals surface area contributed by atoms with Gasteiger partial charge in [0.1, 0.15) is 5.82 Å². The summed E-state index contributed by atoms with van der Waals surface area (Å²) in [6.45, 7) is 3.12. The minimum Gasteiger partial charge on any atom is -0.355 e. The highest BCUT2D eigenvalue weighted by Crippen LogP contribution is 2.22. The van der Waals surface area contributed by atoms with Gasteiger partial charge in [-0.25, -0.2) is 4.98 Å². The van der Waals surface area contributed by atoms with Crippen LogP contribution in [0.25, 0.3) is 11.0 Å². The van der Waals surface area contributed by atoms with Crippen molar-refractivity contribution in [3.8, 4) is 0 Å². The van der Waals surface area contributed by atoms with Crippen molar-refractivity contribution in [1.82, 2.24) is 20.2 Å². The van der Waals surface area contributed by atoms with Crippen LogP contribution in [0, 0.1) is 6.92 Å². The van der Waals surface area contributed by atoms with Crippen molar-refractivity contribution in [3.63, 3.8) is 0 Å². The van der Waals surface area contributed by atoms with Crippen molar-refractivity contribution in [1.29, 1.82) is 0 Å². The lowest BCUT2D eigenvalue weighted by atomic mass is 10.2. The minimum atomic E-state index is -0.380. The van der Waals surface area contributed by atoms with Crippen LogP contribution in [0.2, 0.25) is 10.0 Å². The summed E-state index contributed by atoms with van der Waals surface area (Å²) in [6.07, 6.45) is 0.758. The summed E-state index contributed by atoms with van der Waals surface area (Å²) >= 11 is 11.7. The summed E-state index contributed by atoms with van der Waals surface area (Å²) in [6, 6.07) is 12.5. The normalized spacial score (nSPS) is 10.8. The Balaban J connectivity index is 1.42. The van der Waals surface area contributed by atoms with Gasteiger partial charge in [-0.1, -0.05) is 35.3 Å².